The summed E-state index contributed by atoms with van der Waals surface area (Å²) in [4.78, 5) is 22.6. The second-order valence-corrected chi connectivity index (χ2v) is 8.02. The topological polar surface area (TPSA) is 107 Å². The van der Waals surface area contributed by atoms with Gasteiger partial charge in [-0.3, -0.25) is 9.59 Å². The summed E-state index contributed by atoms with van der Waals surface area (Å²) in [7, 11) is 0. The molecule has 0 heterocycles. The van der Waals surface area contributed by atoms with E-state index in [0.29, 0.717) is 6.42 Å². The highest BCUT2D eigenvalue weighted by atomic mass is 16.3. The van der Waals surface area contributed by atoms with Crippen molar-refractivity contribution in [2.24, 2.45) is 0 Å². The number of aliphatic hydroxyl groups excluding tert-OH is 3. The second-order valence-electron chi connectivity index (χ2n) is 8.02. The molecule has 0 rings (SSSR count). The maximum absolute atomic E-state index is 11.4. The Hall–Kier alpha value is -0.980. The largest absolute Gasteiger partial charge is 0.390 e. The molecule has 4 atom stereocenters. The molecule has 0 fully saturated rings. The Bertz CT molecular complexity index is 416. The predicted molar refractivity (Wildman–Crippen MR) is 112 cm³/mol. The summed E-state index contributed by atoms with van der Waals surface area (Å²) in [5, 5.41) is 32.7. The summed E-state index contributed by atoms with van der Waals surface area (Å²) in [6, 6.07) is -1.19. The fourth-order valence-corrected chi connectivity index (χ4v) is 3.44. The van der Waals surface area contributed by atoms with Gasteiger partial charge in [-0.05, 0) is 13.3 Å². The van der Waals surface area contributed by atoms with Crippen LogP contribution in [0.1, 0.15) is 104 Å². The van der Waals surface area contributed by atoms with Crippen LogP contribution in [0.25, 0.3) is 0 Å². The molecule has 6 nitrogen and oxygen atoms in total. The number of nitrogens with one attached hydrogen (secondary N) is 1. The van der Waals surface area contributed by atoms with Crippen LogP contribution in [-0.2, 0) is 9.59 Å². The van der Waals surface area contributed by atoms with Crippen molar-refractivity contribution < 1.29 is 24.9 Å². The number of carbonyl (C=O) groups is 2. The van der Waals surface area contributed by atoms with Crippen molar-refractivity contribution in [3.05, 3.63) is 0 Å². The first-order valence-corrected chi connectivity index (χ1v) is 11.1. The van der Waals surface area contributed by atoms with Crippen molar-refractivity contribution >= 4 is 11.7 Å². The molecule has 0 saturated heterocycles. The lowest BCUT2D eigenvalue weighted by atomic mass is 9.94. The van der Waals surface area contributed by atoms with Gasteiger partial charge in [-0.25, -0.2) is 0 Å². The highest BCUT2D eigenvalue weighted by Gasteiger charge is 2.34. The van der Waals surface area contributed by atoms with E-state index in [-0.39, 0.29) is 0 Å². The molecule has 0 aromatic carbocycles. The van der Waals surface area contributed by atoms with Gasteiger partial charge in [0.25, 0.3) is 0 Å². The van der Waals surface area contributed by atoms with Crippen LogP contribution in [0, 0.1) is 0 Å². The second kappa shape index (κ2) is 16.9. The third-order valence-electron chi connectivity index (χ3n) is 5.24. The fourth-order valence-electron chi connectivity index (χ4n) is 3.44. The molecule has 2 unspecified atom stereocenters. The quantitative estimate of drug-likeness (QED) is 0.264. The van der Waals surface area contributed by atoms with Crippen LogP contribution in [-0.4, -0.2) is 51.4 Å². The Morgan fingerprint density at radius 1 is 0.750 bits per heavy atom. The van der Waals surface area contributed by atoms with Gasteiger partial charge in [0.1, 0.15) is 12.2 Å². The first-order chi connectivity index (χ1) is 13.3. The zero-order valence-corrected chi connectivity index (χ0v) is 18.2. The molecule has 0 aromatic heterocycles. The molecule has 28 heavy (non-hydrogen) atoms. The molecule has 0 aliphatic heterocycles. The third-order valence-corrected chi connectivity index (χ3v) is 5.24. The van der Waals surface area contributed by atoms with Gasteiger partial charge in [-0.15, -0.1) is 0 Å². The molecule has 0 saturated carbocycles. The van der Waals surface area contributed by atoms with Crippen molar-refractivity contribution in [2.45, 2.75) is 129 Å². The minimum absolute atomic E-state index is 0.374. The molecule has 0 aromatic rings. The van der Waals surface area contributed by atoms with Crippen LogP contribution in [0.3, 0.4) is 0 Å². The summed E-state index contributed by atoms with van der Waals surface area (Å²) in [5.74, 6) is -1.03. The van der Waals surface area contributed by atoms with Gasteiger partial charge < -0.3 is 20.6 Å². The highest BCUT2D eigenvalue weighted by Crippen LogP contribution is 2.15. The Morgan fingerprint density at radius 3 is 1.57 bits per heavy atom. The number of hydrogen-bond acceptors (Lipinski definition) is 5. The lowest BCUT2D eigenvalue weighted by molar-refractivity contribution is -0.133. The van der Waals surface area contributed by atoms with Gasteiger partial charge in [0.05, 0.1) is 12.1 Å². The number of ketones is 1. The Kier molecular flexibility index (Phi) is 16.3. The highest BCUT2D eigenvalue weighted by molar-refractivity contribution is 5.82. The molecule has 1 amide bonds. The van der Waals surface area contributed by atoms with E-state index in [1.807, 2.05) is 0 Å². The summed E-state index contributed by atoms with van der Waals surface area (Å²) in [5.41, 5.74) is 0. The summed E-state index contributed by atoms with van der Waals surface area (Å²) < 4.78 is 0. The van der Waals surface area contributed by atoms with Crippen LogP contribution in [0.4, 0.5) is 0 Å². The summed E-state index contributed by atoms with van der Waals surface area (Å²) in [6.07, 6.45) is 10.9. The number of aliphatic hydroxyl groups is 3. The van der Waals surface area contributed by atoms with E-state index in [9.17, 15) is 24.9 Å². The fraction of sp³-hybridized carbons (Fsp3) is 0.909. The first kappa shape index (κ1) is 27.0. The average Bonchev–Trinajstić information content (AvgIpc) is 2.65. The minimum atomic E-state index is -1.53. The van der Waals surface area contributed by atoms with E-state index in [2.05, 4.69) is 12.2 Å². The van der Waals surface area contributed by atoms with E-state index in [1.165, 1.54) is 71.6 Å². The van der Waals surface area contributed by atoms with Crippen LogP contribution in [0.2, 0.25) is 0 Å². The van der Waals surface area contributed by atoms with Crippen molar-refractivity contribution in [1.29, 1.82) is 0 Å². The van der Waals surface area contributed by atoms with Gasteiger partial charge in [-0.1, -0.05) is 84.0 Å². The molecule has 6 heteroatoms. The van der Waals surface area contributed by atoms with Crippen molar-refractivity contribution in [1.82, 2.24) is 5.32 Å². The maximum atomic E-state index is 11.4. The molecule has 166 valence electrons. The zero-order chi connectivity index (χ0) is 21.4. The van der Waals surface area contributed by atoms with E-state index in [1.54, 1.807) is 0 Å². The van der Waals surface area contributed by atoms with E-state index < -0.39 is 36.0 Å². The standard InChI is InChI=1S/C22H43NO5/c1-4-5-6-7-8-9-10-11-12-13-14-15-16-19(26)22(28)20(23-18(3)25)21(27)17(2)24/h19-22,26-28H,4-16H2,1-3H3,(H,23,25)/t19?,20-,21?,22+/m0/s1. The first-order valence-electron chi connectivity index (χ1n) is 11.1. The Labute approximate surface area is 171 Å². The smallest absolute Gasteiger partial charge is 0.217 e. The lowest BCUT2D eigenvalue weighted by Gasteiger charge is -2.30. The number of amides is 1. The van der Waals surface area contributed by atoms with Crippen LogP contribution < -0.4 is 5.32 Å². The molecule has 4 N–H and O–H groups in total. The molecule has 0 aliphatic rings. The van der Waals surface area contributed by atoms with Gasteiger partial charge in [0.15, 0.2) is 5.78 Å². The normalized spacial score (nSPS) is 15.6. The summed E-state index contributed by atoms with van der Waals surface area (Å²) >= 11 is 0. The molecule has 0 spiro atoms. The number of rotatable bonds is 18. The number of hydrogen-bond donors (Lipinski definition) is 4. The van der Waals surface area contributed by atoms with Crippen molar-refractivity contribution in [2.75, 3.05) is 0 Å². The summed E-state index contributed by atoms with van der Waals surface area (Å²) in [6.45, 7) is 4.66. The van der Waals surface area contributed by atoms with Crippen LogP contribution >= 0.6 is 0 Å². The van der Waals surface area contributed by atoms with Crippen molar-refractivity contribution in [3.63, 3.8) is 0 Å². The number of unbranched alkanes of at least 4 members (excludes halogenated alkanes) is 11. The zero-order valence-electron chi connectivity index (χ0n) is 18.2. The van der Waals surface area contributed by atoms with E-state index in [4.69, 9.17) is 0 Å². The monoisotopic (exact) mass is 401 g/mol. The number of Topliss-reactive ketones (excluding diaryl/α,β-unsaturated/α-hetero) is 1. The Balaban J connectivity index is 3.89. The SMILES string of the molecule is CCCCCCCCCCCCCCC(O)[C@@H](O)[C@@H](NC(C)=O)C(O)C(C)=O. The van der Waals surface area contributed by atoms with Gasteiger partial charge in [0.2, 0.25) is 5.91 Å². The van der Waals surface area contributed by atoms with E-state index in [0.717, 1.165) is 19.3 Å². The molecule has 0 bridgehead atoms. The molecule has 0 aliphatic carbocycles. The van der Waals surface area contributed by atoms with Crippen molar-refractivity contribution in [3.8, 4) is 0 Å². The van der Waals surface area contributed by atoms with Gasteiger partial charge in [0, 0.05) is 6.92 Å². The predicted octanol–water partition coefficient (Wildman–Crippen LogP) is 3.25. The molecular weight excluding hydrogens is 358 g/mol. The third kappa shape index (κ3) is 13.2. The Morgan fingerprint density at radius 2 is 1.18 bits per heavy atom. The lowest BCUT2D eigenvalue weighted by Crippen LogP contribution is -2.56. The number of carbonyl (C=O) groups excluding carboxylic acids is 2. The maximum Gasteiger partial charge on any atom is 0.217 e. The molecule has 0 radical (unpaired) electrons. The van der Waals surface area contributed by atoms with Crippen LogP contribution in [0.15, 0.2) is 0 Å². The minimum Gasteiger partial charge on any atom is -0.390 e. The molecular formula is C22H43NO5. The average molecular weight is 402 g/mol. The van der Waals surface area contributed by atoms with E-state index >= 15 is 0 Å². The van der Waals surface area contributed by atoms with Gasteiger partial charge >= 0.3 is 0 Å². The van der Waals surface area contributed by atoms with Crippen LogP contribution in [0.5, 0.6) is 0 Å². The van der Waals surface area contributed by atoms with Gasteiger partial charge in [-0.2, -0.15) is 0 Å².